The zero-order valence-corrected chi connectivity index (χ0v) is 37.4. The first-order chi connectivity index (χ1) is 29.6. The number of amides is 3. The lowest BCUT2D eigenvalue weighted by Crippen LogP contribution is -2.59. The number of nitrogens with zero attached hydrogens (tertiary/aromatic N) is 4. The van der Waals surface area contributed by atoms with Crippen molar-refractivity contribution in [1.82, 2.24) is 30.4 Å². The lowest BCUT2D eigenvalue weighted by atomic mass is 9.85. The molecule has 0 spiro atoms. The average molecular weight is 876 g/mol. The Kier molecular flexibility index (Phi) is 12.6. The summed E-state index contributed by atoms with van der Waals surface area (Å²) in [7, 11) is 0. The molecule has 336 valence electrons. The first-order valence-electron chi connectivity index (χ1n) is 22.2. The standard InChI is InChI=1S/C45H61N7O9S/c1-7-28-22-45(28,41(55)56)50-39(53)36-20-31(23-52(36)40(54)38(44(4,5)6)49-43(57)61-30-17-26-16-27(26)18-30)60-37-21-34(35-24-62-42(48-35)46-25(2)3)47-33-19-29(8-9-32(33)37)59-15-12-51-10-13-58-14-11-51/h8-9,19,21,24-28,30-31,36,38H,7,10-18,20,22-23H2,1-6H3,(H,46,48)(H,49,57)(H,50,53)(H,55,56)/t26-,27?,28+,30?,31+,36-,38?,45+/m0/s1. The number of alkyl carbamates (subject to hydrolysis) is 1. The van der Waals surface area contributed by atoms with Crippen molar-refractivity contribution in [2.75, 3.05) is 51.3 Å². The Balaban J connectivity index is 1.07. The van der Waals surface area contributed by atoms with Gasteiger partial charge in [-0.1, -0.05) is 34.1 Å². The molecule has 4 heterocycles. The minimum Gasteiger partial charge on any atom is -0.492 e. The van der Waals surface area contributed by atoms with Crippen LogP contribution in [-0.4, -0.2) is 131 Å². The summed E-state index contributed by atoms with van der Waals surface area (Å²) in [6.45, 7) is 15.9. The van der Waals surface area contributed by atoms with Gasteiger partial charge in [0, 0.05) is 55.0 Å². The number of fused-ring (bicyclic) bond motifs is 2. The number of aliphatic carboxylic acids is 1. The lowest BCUT2D eigenvalue weighted by Gasteiger charge is -2.35. The maximum absolute atomic E-state index is 14.8. The van der Waals surface area contributed by atoms with Crippen molar-refractivity contribution >= 4 is 51.2 Å². The Morgan fingerprint density at radius 1 is 1.02 bits per heavy atom. The van der Waals surface area contributed by atoms with E-state index in [2.05, 4.69) is 20.9 Å². The molecule has 3 aliphatic carbocycles. The summed E-state index contributed by atoms with van der Waals surface area (Å²) in [5.41, 5.74) is -0.329. The molecule has 17 heteroatoms. The topological polar surface area (TPSA) is 194 Å². The van der Waals surface area contributed by atoms with Gasteiger partial charge in [0.15, 0.2) is 5.13 Å². The minimum absolute atomic E-state index is 0.00450. The van der Waals surface area contributed by atoms with Gasteiger partial charge in [0.1, 0.15) is 53.6 Å². The number of carboxylic acids is 1. The SMILES string of the molecule is CC[C@@H]1C[C@]1(NC(=O)[C@@H]1C[C@@H](Oc2cc(-c3csc(NC(C)C)n3)nc3cc(OCCN4CCOCC4)ccc23)CN1C(=O)C(NC(=O)OC1CC2C[C@H]2C1)C(C)(C)C)C(=O)O. The zero-order valence-electron chi connectivity index (χ0n) is 36.6. The molecule has 2 saturated heterocycles. The highest BCUT2D eigenvalue weighted by Crippen LogP contribution is 2.52. The van der Waals surface area contributed by atoms with Gasteiger partial charge in [0.2, 0.25) is 11.8 Å². The number of likely N-dealkylation sites (tertiary alicyclic amines) is 1. The van der Waals surface area contributed by atoms with Gasteiger partial charge < -0.3 is 44.9 Å². The number of carbonyl (C=O) groups excluding carboxylic acids is 3. The number of morpholine rings is 1. The number of rotatable bonds is 16. The van der Waals surface area contributed by atoms with E-state index in [1.165, 1.54) is 22.7 Å². The molecule has 16 nitrogen and oxygen atoms in total. The highest BCUT2D eigenvalue weighted by Gasteiger charge is 2.61. The van der Waals surface area contributed by atoms with Crippen LogP contribution in [0.5, 0.6) is 11.5 Å². The fourth-order valence-corrected chi connectivity index (χ4v) is 10.2. The van der Waals surface area contributed by atoms with Gasteiger partial charge in [0.05, 0.1) is 31.0 Å². The summed E-state index contributed by atoms with van der Waals surface area (Å²) in [5, 5.41) is 22.6. The number of hydrogen-bond acceptors (Lipinski definition) is 13. The van der Waals surface area contributed by atoms with E-state index in [1.54, 1.807) is 0 Å². The fourth-order valence-electron chi connectivity index (χ4n) is 9.34. The maximum atomic E-state index is 14.8. The van der Waals surface area contributed by atoms with E-state index in [9.17, 15) is 24.3 Å². The van der Waals surface area contributed by atoms with Crippen LogP contribution in [-0.2, 0) is 23.9 Å². The predicted molar refractivity (Wildman–Crippen MR) is 233 cm³/mol. The maximum Gasteiger partial charge on any atom is 0.408 e. The van der Waals surface area contributed by atoms with Crippen LogP contribution in [0.1, 0.15) is 80.1 Å². The van der Waals surface area contributed by atoms with Gasteiger partial charge in [-0.05, 0) is 74.8 Å². The van der Waals surface area contributed by atoms with Gasteiger partial charge in [-0.2, -0.15) is 0 Å². The van der Waals surface area contributed by atoms with E-state index in [-0.39, 0.29) is 31.0 Å². The Labute approximate surface area is 366 Å². The van der Waals surface area contributed by atoms with Crippen LogP contribution in [0.15, 0.2) is 29.6 Å². The molecule has 2 aromatic heterocycles. The van der Waals surface area contributed by atoms with Crippen molar-refractivity contribution in [3.05, 3.63) is 29.6 Å². The van der Waals surface area contributed by atoms with E-state index in [1.807, 2.05) is 71.2 Å². The van der Waals surface area contributed by atoms with Crippen LogP contribution in [0.2, 0.25) is 0 Å². The number of nitrogens with one attached hydrogen (secondary N) is 3. The molecule has 0 bridgehead atoms. The lowest BCUT2D eigenvalue weighted by molar-refractivity contribution is -0.146. The Morgan fingerprint density at radius 3 is 2.45 bits per heavy atom. The van der Waals surface area contributed by atoms with Crippen LogP contribution in [0, 0.1) is 23.2 Å². The number of thiazole rings is 1. The summed E-state index contributed by atoms with van der Waals surface area (Å²) in [6, 6.07) is 5.54. The highest BCUT2D eigenvalue weighted by molar-refractivity contribution is 7.14. The van der Waals surface area contributed by atoms with Gasteiger partial charge in [0.25, 0.3) is 0 Å². The van der Waals surface area contributed by atoms with Gasteiger partial charge >= 0.3 is 12.1 Å². The Morgan fingerprint density at radius 2 is 1.77 bits per heavy atom. The normalized spacial score (nSPS) is 27.4. The number of carboxylic acid groups (broad SMARTS) is 1. The van der Waals surface area contributed by atoms with Gasteiger partial charge in [-0.15, -0.1) is 11.3 Å². The highest BCUT2D eigenvalue weighted by atomic mass is 32.1. The molecule has 62 heavy (non-hydrogen) atoms. The molecule has 1 aromatic carbocycles. The van der Waals surface area contributed by atoms with Crippen LogP contribution in [0.4, 0.5) is 9.93 Å². The van der Waals surface area contributed by atoms with E-state index >= 15 is 0 Å². The second-order valence-corrected chi connectivity index (χ2v) is 19.9. The summed E-state index contributed by atoms with van der Waals surface area (Å²) >= 11 is 1.47. The molecule has 8 atom stereocenters. The number of aromatic nitrogens is 2. The number of benzene rings is 1. The molecular weight excluding hydrogens is 815 g/mol. The summed E-state index contributed by atoms with van der Waals surface area (Å²) in [4.78, 5) is 68.5. The smallest absolute Gasteiger partial charge is 0.408 e. The molecule has 5 fully saturated rings. The Hall–Kier alpha value is -4.74. The minimum atomic E-state index is -1.40. The van der Waals surface area contributed by atoms with Crippen molar-refractivity contribution < 1.29 is 43.2 Å². The zero-order chi connectivity index (χ0) is 43.9. The molecule has 3 aromatic rings. The Bertz CT molecular complexity index is 2140. The fraction of sp³-hybridized carbons (Fsp3) is 0.644. The largest absolute Gasteiger partial charge is 0.492 e. The van der Waals surface area contributed by atoms with Crippen LogP contribution in [0.25, 0.3) is 22.3 Å². The number of ether oxygens (including phenoxy) is 4. The summed E-state index contributed by atoms with van der Waals surface area (Å²) in [5.74, 6) is -0.0277. The molecule has 2 aliphatic heterocycles. The van der Waals surface area contributed by atoms with Crippen molar-refractivity contribution in [3.63, 3.8) is 0 Å². The van der Waals surface area contributed by atoms with Crippen molar-refractivity contribution in [3.8, 4) is 22.9 Å². The molecule has 3 unspecified atom stereocenters. The van der Waals surface area contributed by atoms with E-state index < -0.39 is 53.0 Å². The second-order valence-electron chi connectivity index (χ2n) is 19.1. The third-order valence-corrected chi connectivity index (χ3v) is 13.8. The number of anilines is 1. The summed E-state index contributed by atoms with van der Waals surface area (Å²) < 4.78 is 24.3. The number of carbonyl (C=O) groups is 4. The van der Waals surface area contributed by atoms with Crippen LogP contribution in [0.3, 0.4) is 0 Å². The molecular formula is C45H61N7O9S. The van der Waals surface area contributed by atoms with E-state index in [4.69, 9.17) is 28.9 Å². The molecule has 0 radical (unpaired) electrons. The van der Waals surface area contributed by atoms with Gasteiger partial charge in [-0.3, -0.25) is 14.5 Å². The van der Waals surface area contributed by atoms with Crippen molar-refractivity contribution in [2.24, 2.45) is 23.2 Å². The van der Waals surface area contributed by atoms with Crippen molar-refractivity contribution in [2.45, 2.75) is 116 Å². The van der Waals surface area contributed by atoms with Crippen LogP contribution >= 0.6 is 11.3 Å². The molecule has 8 rings (SSSR count). The van der Waals surface area contributed by atoms with Crippen molar-refractivity contribution in [1.29, 1.82) is 0 Å². The third-order valence-electron chi connectivity index (χ3n) is 13.0. The first kappa shape index (κ1) is 43.9. The predicted octanol–water partition coefficient (Wildman–Crippen LogP) is 5.55. The van der Waals surface area contributed by atoms with E-state index in [0.717, 1.165) is 37.6 Å². The number of pyridine rings is 1. The molecule has 3 saturated carbocycles. The molecule has 3 amide bonds. The second kappa shape index (κ2) is 17.8. The summed E-state index contributed by atoms with van der Waals surface area (Å²) in [6.07, 6.45) is 2.27. The molecule has 5 aliphatic rings. The molecule has 4 N–H and O–H groups in total. The van der Waals surface area contributed by atoms with E-state index in [0.29, 0.717) is 78.3 Å². The monoisotopic (exact) mass is 875 g/mol. The van der Waals surface area contributed by atoms with Gasteiger partial charge in [-0.25, -0.2) is 19.6 Å². The first-order valence-corrected chi connectivity index (χ1v) is 23.1. The average Bonchev–Trinajstić information content (AvgIpc) is 3.89. The van der Waals surface area contributed by atoms with Crippen LogP contribution < -0.4 is 25.4 Å². The third kappa shape index (κ3) is 9.74. The number of hydrogen-bond donors (Lipinski definition) is 4. The quantitative estimate of drug-likeness (QED) is 0.140.